The molecule has 0 atom stereocenters. The molecule has 2 aromatic rings. The molecule has 1 amide bonds. The Hall–Kier alpha value is -2.24. The Balaban J connectivity index is 1.65. The van der Waals surface area contributed by atoms with Crippen LogP contribution in [-0.4, -0.2) is 30.5 Å². The van der Waals surface area contributed by atoms with Crippen LogP contribution in [-0.2, 0) is 4.79 Å². The number of anilines is 2. The minimum atomic E-state index is 0.0341. The number of nitrogens with two attached hydrogens (primary N) is 1. The number of amides is 1. The van der Waals surface area contributed by atoms with E-state index in [1.807, 2.05) is 18.2 Å². The molecule has 3 rings (SSSR count). The summed E-state index contributed by atoms with van der Waals surface area (Å²) >= 11 is 0. The van der Waals surface area contributed by atoms with Gasteiger partial charge in [-0.3, -0.25) is 4.79 Å². The monoisotopic (exact) mass is 288 g/mol. The summed E-state index contributed by atoms with van der Waals surface area (Å²) in [4.78, 5) is 17.6. The van der Waals surface area contributed by atoms with Gasteiger partial charge in [0.25, 0.3) is 6.01 Å². The lowest BCUT2D eigenvalue weighted by molar-refractivity contribution is -0.119. The van der Waals surface area contributed by atoms with E-state index in [1.165, 1.54) is 0 Å². The molecular weight excluding hydrogens is 268 g/mol. The van der Waals surface area contributed by atoms with Crippen molar-refractivity contribution < 1.29 is 9.21 Å². The van der Waals surface area contributed by atoms with E-state index < -0.39 is 0 Å². The van der Waals surface area contributed by atoms with Gasteiger partial charge in [0, 0.05) is 26.6 Å². The van der Waals surface area contributed by atoms with Gasteiger partial charge in [0.2, 0.25) is 5.91 Å². The van der Waals surface area contributed by atoms with Crippen molar-refractivity contribution in [3.8, 4) is 0 Å². The number of piperidine rings is 1. The van der Waals surface area contributed by atoms with Crippen molar-refractivity contribution >= 4 is 28.7 Å². The van der Waals surface area contributed by atoms with Crippen LogP contribution in [0, 0.1) is 5.92 Å². The van der Waals surface area contributed by atoms with Crippen molar-refractivity contribution in [2.24, 2.45) is 5.92 Å². The van der Waals surface area contributed by atoms with Crippen LogP contribution in [0.15, 0.2) is 22.6 Å². The number of carbonyl (C=O) groups is 1. The quantitative estimate of drug-likeness (QED) is 0.841. The van der Waals surface area contributed by atoms with Gasteiger partial charge in [-0.05, 0) is 30.9 Å². The van der Waals surface area contributed by atoms with Crippen molar-refractivity contribution in [2.45, 2.75) is 19.8 Å². The molecule has 0 aliphatic carbocycles. The molecule has 21 heavy (non-hydrogen) atoms. The van der Waals surface area contributed by atoms with Crippen molar-refractivity contribution in [2.75, 3.05) is 30.3 Å². The number of rotatable bonds is 3. The van der Waals surface area contributed by atoms with E-state index in [1.54, 1.807) is 6.92 Å². The van der Waals surface area contributed by atoms with E-state index in [9.17, 15) is 4.79 Å². The lowest BCUT2D eigenvalue weighted by atomic mass is 9.97. The van der Waals surface area contributed by atoms with Gasteiger partial charge in [-0.1, -0.05) is 6.07 Å². The maximum absolute atomic E-state index is 10.9. The molecule has 6 heteroatoms. The van der Waals surface area contributed by atoms with E-state index in [2.05, 4.69) is 15.2 Å². The van der Waals surface area contributed by atoms with Gasteiger partial charge in [0.05, 0.1) is 5.69 Å². The van der Waals surface area contributed by atoms with Crippen molar-refractivity contribution in [3.63, 3.8) is 0 Å². The number of hydrogen-bond donors (Lipinski definition) is 2. The molecule has 6 nitrogen and oxygen atoms in total. The first kappa shape index (κ1) is 13.7. The predicted molar refractivity (Wildman–Crippen MR) is 82.0 cm³/mol. The molecule has 2 heterocycles. The van der Waals surface area contributed by atoms with Crippen LogP contribution in [0.4, 0.5) is 11.7 Å². The Labute approximate surface area is 123 Å². The second kappa shape index (κ2) is 5.63. The van der Waals surface area contributed by atoms with E-state index >= 15 is 0 Å². The van der Waals surface area contributed by atoms with E-state index in [4.69, 9.17) is 10.2 Å². The molecule has 1 fully saturated rings. The molecule has 1 aliphatic heterocycles. The van der Waals surface area contributed by atoms with Crippen LogP contribution in [0.25, 0.3) is 11.1 Å². The number of oxazole rings is 1. The first-order chi connectivity index (χ1) is 10.1. The zero-order valence-corrected chi connectivity index (χ0v) is 12.1. The summed E-state index contributed by atoms with van der Waals surface area (Å²) in [6.45, 7) is 4.08. The highest BCUT2D eigenvalue weighted by Gasteiger charge is 2.23. The average Bonchev–Trinajstić information content (AvgIpc) is 2.91. The zero-order chi connectivity index (χ0) is 14.8. The fraction of sp³-hybridized carbons (Fsp3) is 0.467. The number of nitrogens with zero attached hydrogens (tertiary/aromatic N) is 2. The molecule has 3 N–H and O–H groups in total. The first-order valence-corrected chi connectivity index (χ1v) is 7.28. The van der Waals surface area contributed by atoms with Crippen LogP contribution in [0.5, 0.6) is 0 Å². The zero-order valence-electron chi connectivity index (χ0n) is 12.1. The predicted octanol–water partition coefficient (Wildman–Crippen LogP) is 1.76. The third-order valence-corrected chi connectivity index (χ3v) is 3.96. The lowest BCUT2D eigenvalue weighted by Crippen LogP contribution is -2.38. The Morgan fingerprint density at radius 2 is 2.24 bits per heavy atom. The standard InChI is InChI=1S/C15H20N4O2/c1-10(20)17-9-11-5-7-19(8-6-11)15-18-14-12(16)3-2-4-13(14)21-15/h2-4,11H,5-9,16H2,1H3,(H,17,20). The highest BCUT2D eigenvalue weighted by atomic mass is 16.4. The van der Waals surface area contributed by atoms with Crippen LogP contribution in [0.1, 0.15) is 19.8 Å². The fourth-order valence-electron chi connectivity index (χ4n) is 2.71. The number of nitrogens with one attached hydrogen (secondary N) is 1. The van der Waals surface area contributed by atoms with Gasteiger partial charge in [0.15, 0.2) is 5.58 Å². The molecule has 112 valence electrons. The number of nitrogen functional groups attached to an aromatic ring is 1. The number of hydrogen-bond acceptors (Lipinski definition) is 5. The molecule has 0 spiro atoms. The van der Waals surface area contributed by atoms with Gasteiger partial charge >= 0.3 is 0 Å². The van der Waals surface area contributed by atoms with E-state index in [0.717, 1.165) is 43.6 Å². The Morgan fingerprint density at radius 3 is 2.90 bits per heavy atom. The third kappa shape index (κ3) is 2.94. The summed E-state index contributed by atoms with van der Waals surface area (Å²) in [7, 11) is 0. The second-order valence-electron chi connectivity index (χ2n) is 5.56. The lowest BCUT2D eigenvalue weighted by Gasteiger charge is -2.30. The summed E-state index contributed by atoms with van der Waals surface area (Å²) in [5, 5.41) is 2.89. The molecule has 0 unspecified atom stereocenters. The van der Waals surface area contributed by atoms with Crippen LogP contribution in [0.3, 0.4) is 0 Å². The Morgan fingerprint density at radius 1 is 1.48 bits per heavy atom. The summed E-state index contributed by atoms with van der Waals surface area (Å²) < 4.78 is 5.79. The normalized spacial score (nSPS) is 16.3. The van der Waals surface area contributed by atoms with Gasteiger partial charge in [-0.2, -0.15) is 4.98 Å². The minimum absolute atomic E-state index is 0.0341. The summed E-state index contributed by atoms with van der Waals surface area (Å²) in [6, 6.07) is 6.22. The SMILES string of the molecule is CC(=O)NCC1CCN(c2nc3c(N)cccc3o2)CC1. The summed E-state index contributed by atoms with van der Waals surface area (Å²) in [5.74, 6) is 0.562. The van der Waals surface area contributed by atoms with Crippen LogP contribution < -0.4 is 16.0 Å². The topological polar surface area (TPSA) is 84.4 Å². The molecule has 1 aliphatic rings. The largest absolute Gasteiger partial charge is 0.423 e. The molecule has 0 saturated carbocycles. The maximum atomic E-state index is 10.9. The van der Waals surface area contributed by atoms with Gasteiger partial charge < -0.3 is 20.4 Å². The molecular formula is C15H20N4O2. The minimum Gasteiger partial charge on any atom is -0.423 e. The number of benzene rings is 1. The maximum Gasteiger partial charge on any atom is 0.298 e. The molecule has 1 aromatic carbocycles. The number of fused-ring (bicyclic) bond motifs is 1. The Kier molecular flexibility index (Phi) is 3.68. The van der Waals surface area contributed by atoms with Gasteiger partial charge in [0.1, 0.15) is 5.52 Å². The molecule has 1 aromatic heterocycles. The smallest absolute Gasteiger partial charge is 0.298 e. The van der Waals surface area contributed by atoms with Crippen LogP contribution in [0.2, 0.25) is 0 Å². The highest BCUT2D eigenvalue weighted by Crippen LogP contribution is 2.28. The Bertz CT molecular complexity index is 644. The number of para-hydroxylation sites is 1. The van der Waals surface area contributed by atoms with Crippen LogP contribution >= 0.6 is 0 Å². The second-order valence-corrected chi connectivity index (χ2v) is 5.56. The summed E-state index contributed by atoms with van der Waals surface area (Å²) in [6.07, 6.45) is 2.04. The summed E-state index contributed by atoms with van der Waals surface area (Å²) in [5.41, 5.74) is 8.01. The van der Waals surface area contributed by atoms with Crippen molar-refractivity contribution in [3.05, 3.63) is 18.2 Å². The number of carbonyl (C=O) groups excluding carboxylic acids is 1. The third-order valence-electron chi connectivity index (χ3n) is 3.96. The van der Waals surface area contributed by atoms with Gasteiger partial charge in [-0.25, -0.2) is 0 Å². The molecule has 1 saturated heterocycles. The number of aromatic nitrogens is 1. The van der Waals surface area contributed by atoms with Crippen molar-refractivity contribution in [1.29, 1.82) is 0 Å². The first-order valence-electron chi connectivity index (χ1n) is 7.28. The van der Waals surface area contributed by atoms with Crippen molar-refractivity contribution in [1.82, 2.24) is 10.3 Å². The van der Waals surface area contributed by atoms with Gasteiger partial charge in [-0.15, -0.1) is 0 Å². The van der Waals surface area contributed by atoms with E-state index in [0.29, 0.717) is 17.6 Å². The van der Waals surface area contributed by atoms with E-state index in [-0.39, 0.29) is 5.91 Å². The average molecular weight is 288 g/mol. The highest BCUT2D eigenvalue weighted by molar-refractivity contribution is 5.86. The molecule has 0 radical (unpaired) electrons. The molecule has 0 bridgehead atoms. The fourth-order valence-corrected chi connectivity index (χ4v) is 2.71.